The summed E-state index contributed by atoms with van der Waals surface area (Å²) in [5.41, 5.74) is 2.36. The third kappa shape index (κ3) is 3.90. The Kier molecular flexibility index (Phi) is 5.44. The van der Waals surface area contributed by atoms with Crippen molar-refractivity contribution in [3.8, 4) is 0 Å². The number of aromatic nitrogens is 1. The smallest absolute Gasteiger partial charge is 0.257 e. The summed E-state index contributed by atoms with van der Waals surface area (Å²) in [7, 11) is -3.65. The van der Waals surface area contributed by atoms with Gasteiger partial charge in [-0.15, -0.1) is 0 Å². The van der Waals surface area contributed by atoms with Gasteiger partial charge in [0.2, 0.25) is 10.0 Å². The lowest BCUT2D eigenvalue weighted by molar-refractivity contribution is 0.102. The van der Waals surface area contributed by atoms with Crippen LogP contribution in [0.15, 0.2) is 71.7 Å². The van der Waals surface area contributed by atoms with E-state index < -0.39 is 10.0 Å². The number of rotatable bonds is 4. The minimum atomic E-state index is -3.65. The summed E-state index contributed by atoms with van der Waals surface area (Å²) in [5, 5.41) is 3.34. The number of sulfonamides is 1. The fraction of sp³-hybridized carbons (Fsp3) is 0.250. The fourth-order valence-corrected chi connectivity index (χ4v) is 6.92. The minimum Gasteiger partial charge on any atom is -0.298 e. The van der Waals surface area contributed by atoms with Gasteiger partial charge in [-0.1, -0.05) is 41.7 Å². The predicted molar refractivity (Wildman–Crippen MR) is 127 cm³/mol. The van der Waals surface area contributed by atoms with Crippen LogP contribution in [0.3, 0.4) is 0 Å². The number of aryl methyl sites for hydroxylation is 1. The molecule has 164 valence electrons. The molecule has 0 spiro atoms. The summed E-state index contributed by atoms with van der Waals surface area (Å²) in [6, 6.07) is 11.9. The molecule has 1 amide bonds. The van der Waals surface area contributed by atoms with Crippen molar-refractivity contribution in [1.82, 2.24) is 9.29 Å². The number of benzene rings is 2. The predicted octanol–water partition coefficient (Wildman–Crippen LogP) is 4.75. The van der Waals surface area contributed by atoms with Gasteiger partial charge in [-0.2, -0.15) is 4.31 Å². The lowest BCUT2D eigenvalue weighted by Gasteiger charge is -2.38. The maximum atomic E-state index is 13.3. The van der Waals surface area contributed by atoms with Gasteiger partial charge in [0, 0.05) is 18.2 Å². The van der Waals surface area contributed by atoms with Crippen LogP contribution in [0.5, 0.6) is 0 Å². The van der Waals surface area contributed by atoms with E-state index in [1.807, 2.05) is 43.4 Å². The number of thiazole rings is 1. The van der Waals surface area contributed by atoms with Gasteiger partial charge >= 0.3 is 0 Å². The average molecular weight is 466 g/mol. The van der Waals surface area contributed by atoms with E-state index in [0.717, 1.165) is 28.6 Å². The Hall–Kier alpha value is -2.81. The molecule has 8 heteroatoms. The summed E-state index contributed by atoms with van der Waals surface area (Å²) in [4.78, 5) is 17.3. The highest BCUT2D eigenvalue weighted by atomic mass is 32.2. The van der Waals surface area contributed by atoms with E-state index in [9.17, 15) is 13.2 Å². The minimum absolute atomic E-state index is 0.149. The Morgan fingerprint density at radius 2 is 1.91 bits per heavy atom. The summed E-state index contributed by atoms with van der Waals surface area (Å²) < 4.78 is 29.2. The molecule has 1 N–H and O–H groups in total. The Bertz CT molecular complexity index is 1340. The van der Waals surface area contributed by atoms with Crippen molar-refractivity contribution in [2.45, 2.75) is 30.7 Å². The molecule has 32 heavy (non-hydrogen) atoms. The van der Waals surface area contributed by atoms with Gasteiger partial charge in [0.05, 0.1) is 15.1 Å². The van der Waals surface area contributed by atoms with E-state index in [1.165, 1.54) is 23.5 Å². The van der Waals surface area contributed by atoms with E-state index in [1.54, 1.807) is 16.4 Å². The number of carbonyl (C=O) groups is 1. The molecule has 1 saturated heterocycles. The second kappa shape index (κ2) is 8.27. The van der Waals surface area contributed by atoms with E-state index in [4.69, 9.17) is 0 Å². The highest BCUT2D eigenvalue weighted by Crippen LogP contribution is 2.33. The number of nitrogens with one attached hydrogen (secondary N) is 1. The number of nitrogens with zero attached hydrogens (tertiary/aromatic N) is 2. The molecule has 2 aromatic carbocycles. The molecule has 0 bridgehead atoms. The van der Waals surface area contributed by atoms with Crippen molar-refractivity contribution in [1.29, 1.82) is 0 Å². The van der Waals surface area contributed by atoms with Crippen LogP contribution in [-0.4, -0.2) is 36.2 Å². The monoisotopic (exact) mass is 465 g/mol. The molecule has 6 nitrogen and oxygen atoms in total. The first-order valence-electron chi connectivity index (χ1n) is 10.6. The second-order valence-electron chi connectivity index (χ2n) is 8.15. The Morgan fingerprint density at radius 1 is 1.12 bits per heavy atom. The molecular formula is C24H23N3O3S2. The normalized spacial score (nSPS) is 20.9. The molecule has 0 radical (unpaired) electrons. The number of amides is 1. The zero-order chi connectivity index (χ0) is 22.3. The van der Waals surface area contributed by atoms with Crippen LogP contribution in [-0.2, 0) is 10.0 Å². The largest absolute Gasteiger partial charge is 0.298 e. The van der Waals surface area contributed by atoms with Gasteiger partial charge < -0.3 is 0 Å². The van der Waals surface area contributed by atoms with Gasteiger partial charge in [0.1, 0.15) is 0 Å². The van der Waals surface area contributed by atoms with Crippen LogP contribution in [0.2, 0.25) is 0 Å². The van der Waals surface area contributed by atoms with Crippen molar-refractivity contribution in [3.05, 3.63) is 77.9 Å². The molecule has 2 unspecified atom stereocenters. The number of fused-ring (bicyclic) bond motifs is 2. The standard InChI is InChI=1S/C24H23N3O3S2/c1-16-8-13-20-22(15-16)31-24(25-20)26-23(28)18-9-11-19(12-10-18)32(29,30)27-14-4-6-17-5-2-3-7-21(17)27/h2-3,5,7-13,15,17,21H,4,6,14H2,1H3,(H,25,26,28). The summed E-state index contributed by atoms with van der Waals surface area (Å²) in [5.74, 6) is -0.103. The van der Waals surface area contributed by atoms with Crippen molar-refractivity contribution in [2.75, 3.05) is 11.9 Å². The fourth-order valence-electron chi connectivity index (χ4n) is 4.30. The van der Waals surface area contributed by atoms with E-state index in [2.05, 4.69) is 16.4 Å². The van der Waals surface area contributed by atoms with Crippen molar-refractivity contribution in [2.24, 2.45) is 5.92 Å². The summed E-state index contributed by atoms with van der Waals surface area (Å²) in [6.45, 7) is 2.51. The molecule has 1 aliphatic heterocycles. The van der Waals surface area contributed by atoms with Crippen LogP contribution in [0.1, 0.15) is 28.8 Å². The van der Waals surface area contributed by atoms with E-state index in [-0.39, 0.29) is 22.8 Å². The van der Waals surface area contributed by atoms with E-state index in [0.29, 0.717) is 17.2 Å². The van der Waals surface area contributed by atoms with Gasteiger partial charge in [0.15, 0.2) is 5.13 Å². The second-order valence-corrected chi connectivity index (χ2v) is 11.1. The van der Waals surface area contributed by atoms with Crippen LogP contribution >= 0.6 is 11.3 Å². The van der Waals surface area contributed by atoms with Crippen LogP contribution in [0.25, 0.3) is 10.2 Å². The molecule has 1 aromatic heterocycles. The lowest BCUT2D eigenvalue weighted by Crippen LogP contribution is -2.47. The third-order valence-electron chi connectivity index (χ3n) is 5.95. The highest BCUT2D eigenvalue weighted by Gasteiger charge is 2.37. The van der Waals surface area contributed by atoms with Gasteiger partial charge in [-0.3, -0.25) is 10.1 Å². The molecule has 3 aromatic rings. The van der Waals surface area contributed by atoms with Crippen molar-refractivity contribution >= 4 is 42.6 Å². The van der Waals surface area contributed by atoms with Gasteiger partial charge in [-0.25, -0.2) is 13.4 Å². The number of carbonyl (C=O) groups excluding carboxylic acids is 1. The maximum absolute atomic E-state index is 13.3. The van der Waals surface area contributed by atoms with Crippen molar-refractivity contribution < 1.29 is 13.2 Å². The zero-order valence-electron chi connectivity index (χ0n) is 17.6. The Morgan fingerprint density at radius 3 is 2.72 bits per heavy atom. The molecule has 1 aliphatic carbocycles. The quantitative estimate of drug-likeness (QED) is 0.603. The third-order valence-corrected chi connectivity index (χ3v) is 8.80. The number of piperidine rings is 1. The zero-order valence-corrected chi connectivity index (χ0v) is 19.2. The molecule has 1 fully saturated rings. The highest BCUT2D eigenvalue weighted by molar-refractivity contribution is 7.89. The summed E-state index contributed by atoms with van der Waals surface area (Å²) >= 11 is 1.41. The Labute approximate surface area is 191 Å². The first kappa shape index (κ1) is 21.1. The molecule has 0 saturated carbocycles. The van der Waals surface area contributed by atoms with E-state index >= 15 is 0 Å². The molecule has 2 aliphatic rings. The Balaban J connectivity index is 1.34. The number of hydrogen-bond donors (Lipinski definition) is 1. The first-order chi connectivity index (χ1) is 15.4. The van der Waals surface area contributed by atoms with Gasteiger partial charge in [0.25, 0.3) is 5.91 Å². The van der Waals surface area contributed by atoms with Crippen LogP contribution < -0.4 is 5.32 Å². The molecule has 5 rings (SSSR count). The SMILES string of the molecule is Cc1ccc2nc(NC(=O)c3ccc(S(=O)(=O)N4CCCC5C=CC=CC54)cc3)sc2c1. The number of hydrogen-bond acceptors (Lipinski definition) is 5. The molecule has 2 heterocycles. The number of anilines is 1. The molecule has 2 atom stereocenters. The van der Waals surface area contributed by atoms with Crippen LogP contribution in [0, 0.1) is 12.8 Å². The summed E-state index contributed by atoms with van der Waals surface area (Å²) in [6.07, 6.45) is 9.76. The average Bonchev–Trinajstić information content (AvgIpc) is 3.20. The lowest BCUT2D eigenvalue weighted by atomic mass is 9.88. The topological polar surface area (TPSA) is 79.4 Å². The maximum Gasteiger partial charge on any atom is 0.257 e. The van der Waals surface area contributed by atoms with Crippen LogP contribution in [0.4, 0.5) is 5.13 Å². The number of allylic oxidation sites excluding steroid dienone is 2. The van der Waals surface area contributed by atoms with Gasteiger partial charge in [-0.05, 0) is 67.6 Å². The van der Waals surface area contributed by atoms with Crippen molar-refractivity contribution in [3.63, 3.8) is 0 Å². The molecular weight excluding hydrogens is 442 g/mol. The first-order valence-corrected chi connectivity index (χ1v) is 12.8.